The van der Waals surface area contributed by atoms with E-state index in [0.29, 0.717) is 18.7 Å². The second-order valence-electron chi connectivity index (χ2n) is 5.12. The predicted molar refractivity (Wildman–Crippen MR) is 80.0 cm³/mol. The summed E-state index contributed by atoms with van der Waals surface area (Å²) in [6, 6.07) is -0.116. The van der Waals surface area contributed by atoms with E-state index in [1.54, 1.807) is 6.20 Å². The lowest BCUT2D eigenvalue weighted by Crippen LogP contribution is -2.41. The number of hydrogen-bond acceptors (Lipinski definition) is 6. The van der Waals surface area contributed by atoms with Gasteiger partial charge in [-0.1, -0.05) is 6.92 Å². The van der Waals surface area contributed by atoms with Gasteiger partial charge in [0.05, 0.1) is 23.9 Å². The molecule has 0 atom stereocenters. The third-order valence-corrected chi connectivity index (χ3v) is 5.03. The van der Waals surface area contributed by atoms with Crippen LogP contribution >= 0.6 is 0 Å². The van der Waals surface area contributed by atoms with Crippen molar-refractivity contribution in [2.24, 2.45) is 0 Å². The molecule has 0 saturated carbocycles. The lowest BCUT2D eigenvalue weighted by atomic mass is 10.1. The summed E-state index contributed by atoms with van der Waals surface area (Å²) < 4.78 is 22.7. The first-order chi connectivity index (χ1) is 10.00. The Morgan fingerprint density at radius 1 is 1.33 bits per heavy atom. The second-order valence-corrected chi connectivity index (χ2v) is 7.42. The minimum Gasteiger partial charge on any atom is -0.369 e. The fraction of sp³-hybridized carbons (Fsp3) is 0.615. The monoisotopic (exact) mass is 312 g/mol. The number of nitrogens with one attached hydrogen (secondary N) is 2. The zero-order chi connectivity index (χ0) is 15.3. The molecule has 0 spiro atoms. The van der Waals surface area contributed by atoms with Crippen molar-refractivity contribution >= 4 is 21.6 Å². The minimum atomic E-state index is -2.92. The molecule has 1 aliphatic heterocycles. The summed E-state index contributed by atoms with van der Waals surface area (Å²) in [6.45, 7) is 2.80. The Hall–Kier alpha value is -1.70. The van der Waals surface area contributed by atoms with E-state index in [4.69, 9.17) is 0 Å². The van der Waals surface area contributed by atoms with Gasteiger partial charge in [-0.25, -0.2) is 13.4 Å². The highest BCUT2D eigenvalue weighted by Crippen LogP contribution is 2.13. The molecule has 1 saturated heterocycles. The largest absolute Gasteiger partial charge is 0.369 e. The summed E-state index contributed by atoms with van der Waals surface area (Å²) in [5.74, 6) is 0.506. The third-order valence-electron chi connectivity index (χ3n) is 3.31. The summed E-state index contributed by atoms with van der Waals surface area (Å²) in [5, 5.41) is 5.89. The van der Waals surface area contributed by atoms with Crippen molar-refractivity contribution in [3.8, 4) is 0 Å². The maximum Gasteiger partial charge on any atom is 0.271 e. The Balaban J connectivity index is 1.94. The third kappa shape index (κ3) is 4.66. The lowest BCUT2D eigenvalue weighted by Gasteiger charge is -2.22. The molecule has 2 N–H and O–H groups in total. The number of anilines is 1. The molecule has 1 aromatic rings. The van der Waals surface area contributed by atoms with Crippen LogP contribution in [0, 0.1) is 0 Å². The van der Waals surface area contributed by atoms with E-state index >= 15 is 0 Å². The molecule has 21 heavy (non-hydrogen) atoms. The van der Waals surface area contributed by atoms with Gasteiger partial charge in [0.1, 0.15) is 21.3 Å². The molecule has 116 valence electrons. The average Bonchev–Trinajstić information content (AvgIpc) is 2.47. The Labute approximate surface area is 124 Å². The summed E-state index contributed by atoms with van der Waals surface area (Å²) in [5.41, 5.74) is 0.240. The molecule has 7 nitrogen and oxygen atoms in total. The predicted octanol–water partition coefficient (Wildman–Crippen LogP) is 0.605. The summed E-state index contributed by atoms with van der Waals surface area (Å²) in [6.07, 6.45) is 4.84. The van der Waals surface area contributed by atoms with Gasteiger partial charge in [0.15, 0.2) is 0 Å². The van der Waals surface area contributed by atoms with E-state index in [9.17, 15) is 13.2 Å². The van der Waals surface area contributed by atoms with Crippen molar-refractivity contribution in [1.82, 2.24) is 15.3 Å². The first-order valence-electron chi connectivity index (χ1n) is 7.07. The molecule has 0 radical (unpaired) electrons. The van der Waals surface area contributed by atoms with E-state index in [2.05, 4.69) is 20.6 Å². The fourth-order valence-corrected chi connectivity index (χ4v) is 3.60. The van der Waals surface area contributed by atoms with Crippen LogP contribution in [-0.2, 0) is 9.84 Å². The summed E-state index contributed by atoms with van der Waals surface area (Å²) >= 11 is 0. The Bertz CT molecular complexity index is 589. The first-order valence-corrected chi connectivity index (χ1v) is 8.89. The van der Waals surface area contributed by atoms with E-state index in [1.165, 1.54) is 6.20 Å². The normalized spacial score (nSPS) is 18.1. The standard InChI is InChI=1S/C13H20N4O3S/c1-2-5-15-12-9-14-8-11(17-12)13(18)16-10-3-6-21(19,20)7-4-10/h8-10H,2-7H2,1H3,(H,15,17)(H,16,18). The highest BCUT2D eigenvalue weighted by atomic mass is 32.2. The van der Waals surface area contributed by atoms with Gasteiger partial charge in [-0.05, 0) is 19.3 Å². The van der Waals surface area contributed by atoms with Crippen molar-refractivity contribution in [2.75, 3.05) is 23.4 Å². The van der Waals surface area contributed by atoms with Gasteiger partial charge in [0, 0.05) is 12.6 Å². The average molecular weight is 312 g/mol. The smallest absolute Gasteiger partial charge is 0.271 e. The number of carbonyl (C=O) groups excluding carboxylic acids is 1. The quantitative estimate of drug-likeness (QED) is 0.826. The van der Waals surface area contributed by atoms with Gasteiger partial charge >= 0.3 is 0 Å². The van der Waals surface area contributed by atoms with Crippen LogP contribution in [-0.4, -0.2) is 48.4 Å². The Morgan fingerprint density at radius 3 is 2.71 bits per heavy atom. The number of sulfone groups is 1. The SMILES string of the molecule is CCCNc1cncc(C(=O)NC2CCS(=O)(=O)CC2)n1. The van der Waals surface area contributed by atoms with Crippen molar-refractivity contribution in [2.45, 2.75) is 32.2 Å². The van der Waals surface area contributed by atoms with Crippen LogP contribution in [0.4, 0.5) is 5.82 Å². The Morgan fingerprint density at radius 2 is 2.05 bits per heavy atom. The van der Waals surface area contributed by atoms with Crippen molar-refractivity contribution in [3.05, 3.63) is 18.1 Å². The van der Waals surface area contributed by atoms with Gasteiger partial charge in [-0.2, -0.15) is 0 Å². The summed E-state index contributed by atoms with van der Waals surface area (Å²) in [7, 11) is -2.92. The molecule has 1 aromatic heterocycles. The van der Waals surface area contributed by atoms with Gasteiger partial charge < -0.3 is 10.6 Å². The second kappa shape index (κ2) is 6.84. The maximum absolute atomic E-state index is 12.1. The van der Waals surface area contributed by atoms with Crippen molar-refractivity contribution in [3.63, 3.8) is 0 Å². The fourth-order valence-electron chi connectivity index (χ4n) is 2.11. The number of hydrogen-bond donors (Lipinski definition) is 2. The van der Waals surface area contributed by atoms with Crippen molar-refractivity contribution in [1.29, 1.82) is 0 Å². The molecular weight excluding hydrogens is 292 g/mol. The van der Waals surface area contributed by atoms with E-state index < -0.39 is 9.84 Å². The topological polar surface area (TPSA) is 101 Å². The number of carbonyl (C=O) groups is 1. The molecule has 8 heteroatoms. The van der Waals surface area contributed by atoms with Crippen LogP contribution in [0.2, 0.25) is 0 Å². The van der Waals surface area contributed by atoms with Gasteiger partial charge in [-0.3, -0.25) is 9.78 Å². The van der Waals surface area contributed by atoms with Gasteiger partial charge in [-0.15, -0.1) is 0 Å². The number of aromatic nitrogens is 2. The molecule has 0 unspecified atom stereocenters. The van der Waals surface area contributed by atoms with Gasteiger partial charge in [0.2, 0.25) is 0 Å². The lowest BCUT2D eigenvalue weighted by molar-refractivity contribution is 0.0929. The summed E-state index contributed by atoms with van der Waals surface area (Å²) in [4.78, 5) is 20.3. The van der Waals surface area contributed by atoms with Crippen LogP contribution in [0.5, 0.6) is 0 Å². The van der Waals surface area contributed by atoms with Crippen LogP contribution < -0.4 is 10.6 Å². The zero-order valence-corrected chi connectivity index (χ0v) is 12.8. The maximum atomic E-state index is 12.1. The van der Waals surface area contributed by atoms with E-state index in [-0.39, 0.29) is 29.1 Å². The van der Waals surface area contributed by atoms with Crippen molar-refractivity contribution < 1.29 is 13.2 Å². The van der Waals surface area contributed by atoms with Gasteiger partial charge in [0.25, 0.3) is 5.91 Å². The molecule has 0 aromatic carbocycles. The van der Waals surface area contributed by atoms with Crippen LogP contribution in [0.1, 0.15) is 36.7 Å². The highest BCUT2D eigenvalue weighted by molar-refractivity contribution is 7.91. The molecule has 2 rings (SSSR count). The number of nitrogens with zero attached hydrogens (tertiary/aromatic N) is 2. The van der Waals surface area contributed by atoms with E-state index in [1.807, 2.05) is 6.92 Å². The van der Waals surface area contributed by atoms with Crippen LogP contribution in [0.3, 0.4) is 0 Å². The van der Waals surface area contributed by atoms with E-state index in [0.717, 1.165) is 13.0 Å². The molecule has 1 amide bonds. The molecule has 2 heterocycles. The van der Waals surface area contributed by atoms with Crippen LogP contribution in [0.15, 0.2) is 12.4 Å². The zero-order valence-electron chi connectivity index (χ0n) is 12.0. The molecular formula is C13H20N4O3S. The number of amides is 1. The molecule has 1 fully saturated rings. The van der Waals surface area contributed by atoms with Crippen LogP contribution in [0.25, 0.3) is 0 Å². The minimum absolute atomic E-state index is 0.116. The molecule has 0 aliphatic carbocycles. The first kappa shape index (κ1) is 15.7. The highest BCUT2D eigenvalue weighted by Gasteiger charge is 2.25. The number of rotatable bonds is 5. The molecule has 0 bridgehead atoms. The molecule has 1 aliphatic rings. The Kier molecular flexibility index (Phi) is 5.11.